The van der Waals surface area contributed by atoms with Crippen LogP contribution >= 0.6 is 12.4 Å². The molecule has 2 aliphatic rings. The summed E-state index contributed by atoms with van der Waals surface area (Å²) in [7, 11) is 2.13. The van der Waals surface area contributed by atoms with Gasteiger partial charge in [0, 0.05) is 43.3 Å². The van der Waals surface area contributed by atoms with Gasteiger partial charge in [-0.3, -0.25) is 19.2 Å². The number of likely N-dealkylation sites (N-methyl/N-ethyl adjacent to an activating group) is 1. The predicted molar refractivity (Wildman–Crippen MR) is 132 cm³/mol. The van der Waals surface area contributed by atoms with E-state index in [2.05, 4.69) is 29.0 Å². The minimum absolute atomic E-state index is 0. The number of amides is 1. The number of ether oxygens (including phenoxy) is 1. The van der Waals surface area contributed by atoms with Crippen molar-refractivity contribution in [2.24, 2.45) is 0 Å². The van der Waals surface area contributed by atoms with Gasteiger partial charge in [0.15, 0.2) is 0 Å². The summed E-state index contributed by atoms with van der Waals surface area (Å²) in [4.78, 5) is 33.3. The highest BCUT2D eigenvalue weighted by Gasteiger charge is 2.34. The topological polar surface area (TPSA) is 83.5 Å². The van der Waals surface area contributed by atoms with E-state index in [1.165, 1.54) is 0 Å². The standard InChI is InChI=1S/C24H31N5O3.ClH/c1-4-7-27(3)17-13-28(14-17)24(31)18-11-19-21(10-15(18)2)26-23(30)20-12-25-29(22(19)20)16-5-8-32-9-6-16;/h10-12,16-17H,4-9,13-14H2,1-3H3,(H,26,30);1H. The highest BCUT2D eigenvalue weighted by Crippen LogP contribution is 2.30. The van der Waals surface area contributed by atoms with E-state index >= 15 is 0 Å². The lowest BCUT2D eigenvalue weighted by atomic mass is 9.99. The van der Waals surface area contributed by atoms with Crippen molar-refractivity contribution in [3.05, 3.63) is 39.8 Å². The Hall–Kier alpha value is -2.42. The number of carbonyl (C=O) groups is 1. The molecule has 0 unspecified atom stereocenters. The van der Waals surface area contributed by atoms with Gasteiger partial charge >= 0.3 is 0 Å². The van der Waals surface area contributed by atoms with Gasteiger partial charge in [-0.2, -0.15) is 5.10 Å². The number of likely N-dealkylation sites (tertiary alicyclic amines) is 1. The molecule has 0 saturated carbocycles. The normalized spacial score (nSPS) is 17.5. The lowest BCUT2D eigenvalue weighted by molar-refractivity contribution is 0.0340. The smallest absolute Gasteiger partial charge is 0.259 e. The molecule has 0 radical (unpaired) electrons. The third-order valence-corrected chi connectivity index (χ3v) is 7.02. The first-order chi connectivity index (χ1) is 15.5. The van der Waals surface area contributed by atoms with Crippen molar-refractivity contribution in [1.82, 2.24) is 24.6 Å². The van der Waals surface area contributed by atoms with E-state index in [1.54, 1.807) is 6.20 Å². The van der Waals surface area contributed by atoms with Crippen molar-refractivity contribution in [2.75, 3.05) is 39.9 Å². The van der Waals surface area contributed by atoms with Crippen molar-refractivity contribution in [3.63, 3.8) is 0 Å². The van der Waals surface area contributed by atoms with Gasteiger partial charge in [0.2, 0.25) is 0 Å². The van der Waals surface area contributed by atoms with E-state index in [9.17, 15) is 9.59 Å². The summed E-state index contributed by atoms with van der Waals surface area (Å²) < 4.78 is 7.48. The lowest BCUT2D eigenvalue weighted by Gasteiger charge is -2.44. The number of fused-ring (bicyclic) bond motifs is 3. The highest BCUT2D eigenvalue weighted by molar-refractivity contribution is 6.07. The van der Waals surface area contributed by atoms with E-state index in [0.717, 1.165) is 60.9 Å². The van der Waals surface area contributed by atoms with Crippen LogP contribution in [-0.4, -0.2) is 76.4 Å². The van der Waals surface area contributed by atoms with Crippen molar-refractivity contribution in [1.29, 1.82) is 0 Å². The Morgan fingerprint density at radius 3 is 2.67 bits per heavy atom. The molecule has 0 spiro atoms. The quantitative estimate of drug-likeness (QED) is 0.615. The minimum atomic E-state index is -0.145. The van der Waals surface area contributed by atoms with Gasteiger partial charge < -0.3 is 14.6 Å². The number of hydrogen-bond donors (Lipinski definition) is 1. The fraction of sp³-hybridized carbons (Fsp3) is 0.542. The van der Waals surface area contributed by atoms with Crippen molar-refractivity contribution >= 4 is 40.1 Å². The number of nitrogens with zero attached hydrogens (tertiary/aromatic N) is 4. The summed E-state index contributed by atoms with van der Waals surface area (Å²) in [5.41, 5.74) is 2.99. The summed E-state index contributed by atoms with van der Waals surface area (Å²) in [6.45, 7) is 8.06. The van der Waals surface area contributed by atoms with Crippen LogP contribution in [0.3, 0.4) is 0 Å². The Morgan fingerprint density at radius 1 is 1.24 bits per heavy atom. The zero-order valence-electron chi connectivity index (χ0n) is 19.5. The van der Waals surface area contributed by atoms with E-state index in [1.807, 2.05) is 28.6 Å². The third-order valence-electron chi connectivity index (χ3n) is 7.02. The molecule has 2 saturated heterocycles. The molecule has 1 amide bonds. The van der Waals surface area contributed by atoms with Gasteiger partial charge in [0.05, 0.1) is 28.7 Å². The second kappa shape index (κ2) is 9.44. The van der Waals surface area contributed by atoms with E-state index in [-0.39, 0.29) is 29.9 Å². The van der Waals surface area contributed by atoms with Gasteiger partial charge in [-0.05, 0) is 57.5 Å². The van der Waals surface area contributed by atoms with Gasteiger partial charge in [-0.15, -0.1) is 12.4 Å². The van der Waals surface area contributed by atoms with E-state index in [0.29, 0.717) is 30.2 Å². The first-order valence-corrected chi connectivity index (χ1v) is 11.6. The van der Waals surface area contributed by atoms with Crippen molar-refractivity contribution in [3.8, 4) is 0 Å². The van der Waals surface area contributed by atoms with Crippen LogP contribution in [0.4, 0.5) is 0 Å². The molecule has 8 nitrogen and oxygen atoms in total. The fourth-order valence-corrected chi connectivity index (χ4v) is 5.04. The fourth-order valence-electron chi connectivity index (χ4n) is 5.04. The Bertz CT molecular complexity index is 1220. The number of aromatic amines is 1. The molecule has 2 aromatic heterocycles. The van der Waals surface area contributed by atoms with Crippen LogP contribution < -0.4 is 5.56 Å². The number of nitrogens with one attached hydrogen (secondary N) is 1. The number of aryl methyl sites for hydroxylation is 1. The average molecular weight is 474 g/mol. The van der Waals surface area contributed by atoms with Crippen LogP contribution in [0.15, 0.2) is 23.1 Å². The van der Waals surface area contributed by atoms with Gasteiger partial charge in [0.25, 0.3) is 11.5 Å². The molecule has 4 heterocycles. The van der Waals surface area contributed by atoms with Gasteiger partial charge in [0.1, 0.15) is 0 Å². The number of rotatable bonds is 5. The van der Waals surface area contributed by atoms with Crippen molar-refractivity contribution < 1.29 is 9.53 Å². The van der Waals surface area contributed by atoms with Gasteiger partial charge in [-0.25, -0.2) is 0 Å². The summed E-state index contributed by atoms with van der Waals surface area (Å²) in [5, 5.41) is 6.02. The molecular formula is C24H32ClN5O3. The second-order valence-electron chi connectivity index (χ2n) is 9.21. The number of halogens is 1. The highest BCUT2D eigenvalue weighted by atomic mass is 35.5. The number of pyridine rings is 1. The first kappa shape index (κ1) is 23.7. The maximum atomic E-state index is 13.3. The number of hydrogen-bond acceptors (Lipinski definition) is 5. The maximum Gasteiger partial charge on any atom is 0.259 e. The van der Waals surface area contributed by atoms with Crippen molar-refractivity contribution in [2.45, 2.75) is 45.2 Å². The van der Waals surface area contributed by atoms with Crippen LogP contribution in [0, 0.1) is 6.92 Å². The molecule has 2 aliphatic heterocycles. The predicted octanol–water partition coefficient (Wildman–Crippen LogP) is 3.13. The molecule has 2 fully saturated rings. The van der Waals surface area contributed by atoms with Crippen LogP contribution in [0.1, 0.15) is 48.1 Å². The van der Waals surface area contributed by atoms with E-state index < -0.39 is 0 Å². The van der Waals surface area contributed by atoms with Crippen LogP contribution in [0.2, 0.25) is 0 Å². The summed E-state index contributed by atoms with van der Waals surface area (Å²) in [6, 6.07) is 4.49. The summed E-state index contributed by atoms with van der Waals surface area (Å²) in [5.74, 6) is 0.0574. The number of carbonyl (C=O) groups excluding carboxylic acids is 1. The average Bonchev–Trinajstić information content (AvgIpc) is 3.19. The summed E-state index contributed by atoms with van der Waals surface area (Å²) >= 11 is 0. The number of H-pyrrole nitrogens is 1. The monoisotopic (exact) mass is 473 g/mol. The minimum Gasteiger partial charge on any atom is -0.381 e. The number of benzene rings is 1. The van der Waals surface area contributed by atoms with Crippen LogP contribution in [0.25, 0.3) is 21.8 Å². The van der Waals surface area contributed by atoms with E-state index in [4.69, 9.17) is 4.74 Å². The zero-order chi connectivity index (χ0) is 22.4. The SMILES string of the molecule is CCCN(C)C1CN(C(=O)c2cc3c(cc2C)[nH]c(=O)c2cnn(C4CCOCC4)c23)C1.Cl. The molecule has 178 valence electrons. The Balaban J connectivity index is 0.00000259. The Morgan fingerprint density at radius 2 is 1.97 bits per heavy atom. The Kier molecular flexibility index (Phi) is 6.79. The molecule has 9 heteroatoms. The second-order valence-corrected chi connectivity index (χ2v) is 9.21. The lowest BCUT2D eigenvalue weighted by Crippen LogP contribution is -2.60. The zero-order valence-corrected chi connectivity index (χ0v) is 20.3. The molecule has 0 aliphatic carbocycles. The first-order valence-electron chi connectivity index (χ1n) is 11.6. The molecule has 0 atom stereocenters. The molecule has 1 N–H and O–H groups in total. The van der Waals surface area contributed by atoms with Gasteiger partial charge in [-0.1, -0.05) is 6.92 Å². The molecule has 0 bridgehead atoms. The third kappa shape index (κ3) is 4.16. The molecule has 1 aromatic carbocycles. The molecule has 3 aromatic rings. The largest absolute Gasteiger partial charge is 0.381 e. The summed E-state index contributed by atoms with van der Waals surface area (Å²) in [6.07, 6.45) is 4.49. The molecular weight excluding hydrogens is 442 g/mol. The Labute approximate surface area is 199 Å². The van der Waals surface area contributed by atoms with Crippen LogP contribution in [-0.2, 0) is 4.74 Å². The number of aromatic nitrogens is 3. The van der Waals surface area contributed by atoms with Crippen LogP contribution in [0.5, 0.6) is 0 Å². The maximum absolute atomic E-state index is 13.3. The molecule has 5 rings (SSSR count). The molecule has 33 heavy (non-hydrogen) atoms.